The first-order valence-electron chi connectivity index (χ1n) is 12.0. The predicted octanol–water partition coefficient (Wildman–Crippen LogP) is 5.37. The van der Waals surface area contributed by atoms with Gasteiger partial charge in [-0.05, 0) is 71.7 Å². The minimum Gasteiger partial charge on any atom is -0.454 e. The number of sulfonamides is 1. The molecular weight excluding hydrogens is 498 g/mol. The standard InChI is InChI=1S/C28H26ClNO5S/c1-18-5-4-12-30(16-18)36(33,34)27-15-22(10-11-25(27)29)28(32)35-17-26(31)21-9-8-20-13-19-6-2-3-7-23(19)24(20)14-21/h2-3,6-11,14-15,18H,4-5,12-13,16-17H2,1H3/t18-/m0/s1. The number of carbonyl (C=O) groups excluding carboxylic acids is 2. The van der Waals surface area contributed by atoms with E-state index in [9.17, 15) is 18.0 Å². The number of carbonyl (C=O) groups is 2. The minimum atomic E-state index is -3.86. The lowest BCUT2D eigenvalue weighted by atomic mass is 10.0. The monoisotopic (exact) mass is 523 g/mol. The largest absolute Gasteiger partial charge is 0.454 e. The summed E-state index contributed by atoms with van der Waals surface area (Å²) in [6.45, 7) is 2.38. The zero-order valence-electron chi connectivity index (χ0n) is 19.9. The molecular formula is C28H26ClNO5S. The highest BCUT2D eigenvalue weighted by Crippen LogP contribution is 2.37. The second kappa shape index (κ2) is 9.81. The van der Waals surface area contributed by atoms with E-state index in [-0.39, 0.29) is 27.2 Å². The van der Waals surface area contributed by atoms with E-state index in [4.69, 9.17) is 16.3 Å². The molecule has 3 aromatic rings. The molecule has 36 heavy (non-hydrogen) atoms. The van der Waals surface area contributed by atoms with E-state index in [0.29, 0.717) is 18.7 Å². The van der Waals surface area contributed by atoms with Gasteiger partial charge in [0.2, 0.25) is 10.0 Å². The highest BCUT2D eigenvalue weighted by Gasteiger charge is 2.31. The SMILES string of the molecule is C[C@H]1CCCN(S(=O)(=O)c2cc(C(=O)OCC(=O)c3ccc4c(c3)-c3ccccc3C4)ccc2Cl)C1. The average molecular weight is 524 g/mol. The van der Waals surface area contributed by atoms with Crippen molar-refractivity contribution in [2.75, 3.05) is 19.7 Å². The van der Waals surface area contributed by atoms with Crippen LogP contribution in [0.4, 0.5) is 0 Å². The summed E-state index contributed by atoms with van der Waals surface area (Å²) in [5.74, 6) is -0.867. The molecule has 0 saturated carbocycles. The number of rotatable bonds is 6. The molecule has 0 aromatic heterocycles. The summed E-state index contributed by atoms with van der Waals surface area (Å²) < 4.78 is 33.1. The number of halogens is 1. The van der Waals surface area contributed by atoms with Crippen molar-refractivity contribution >= 4 is 33.4 Å². The van der Waals surface area contributed by atoms with Crippen molar-refractivity contribution in [2.24, 2.45) is 5.92 Å². The molecule has 0 unspecified atom stereocenters. The van der Waals surface area contributed by atoms with Crippen LogP contribution in [0, 0.1) is 5.92 Å². The molecule has 3 aromatic carbocycles. The molecule has 1 fully saturated rings. The van der Waals surface area contributed by atoms with Gasteiger partial charge in [-0.3, -0.25) is 4.79 Å². The van der Waals surface area contributed by atoms with E-state index < -0.39 is 22.6 Å². The quantitative estimate of drug-likeness (QED) is 0.251. The minimum absolute atomic E-state index is 0.0266. The summed E-state index contributed by atoms with van der Waals surface area (Å²) in [6, 6.07) is 17.6. The Morgan fingerprint density at radius 3 is 2.56 bits per heavy atom. The Hall–Kier alpha value is -3.00. The normalized spacial score (nSPS) is 17.3. The van der Waals surface area contributed by atoms with Crippen molar-refractivity contribution < 1.29 is 22.7 Å². The molecule has 0 radical (unpaired) electrons. The summed E-state index contributed by atoms with van der Waals surface area (Å²) in [5, 5.41) is 0.0410. The van der Waals surface area contributed by atoms with E-state index in [0.717, 1.165) is 36.0 Å². The Balaban J connectivity index is 1.30. The van der Waals surface area contributed by atoms with Crippen molar-refractivity contribution in [1.82, 2.24) is 4.31 Å². The van der Waals surface area contributed by atoms with Crippen molar-refractivity contribution in [3.63, 3.8) is 0 Å². The van der Waals surface area contributed by atoms with Gasteiger partial charge in [-0.2, -0.15) is 4.31 Å². The molecule has 5 rings (SSSR count). The first kappa shape index (κ1) is 24.7. The molecule has 1 aliphatic heterocycles. The zero-order valence-corrected chi connectivity index (χ0v) is 21.4. The Labute approximate surface area is 215 Å². The molecule has 186 valence electrons. The number of ether oxygens (including phenoxy) is 1. The van der Waals surface area contributed by atoms with Crippen LogP contribution >= 0.6 is 11.6 Å². The van der Waals surface area contributed by atoms with Crippen LogP contribution in [0.3, 0.4) is 0 Å². The number of nitrogens with zero attached hydrogens (tertiary/aromatic N) is 1. The van der Waals surface area contributed by atoms with Crippen LogP contribution in [0.5, 0.6) is 0 Å². The molecule has 0 bridgehead atoms. The molecule has 1 saturated heterocycles. The van der Waals surface area contributed by atoms with Crippen LogP contribution in [0.2, 0.25) is 5.02 Å². The Morgan fingerprint density at radius 1 is 1.00 bits per heavy atom. The fourth-order valence-electron chi connectivity index (χ4n) is 4.93. The van der Waals surface area contributed by atoms with Crippen molar-refractivity contribution in [3.8, 4) is 11.1 Å². The zero-order chi connectivity index (χ0) is 25.4. The molecule has 0 N–H and O–H groups in total. The highest BCUT2D eigenvalue weighted by molar-refractivity contribution is 7.89. The molecule has 0 spiro atoms. The van der Waals surface area contributed by atoms with Crippen LogP contribution in [0.25, 0.3) is 11.1 Å². The van der Waals surface area contributed by atoms with Gasteiger partial charge in [0, 0.05) is 18.7 Å². The van der Waals surface area contributed by atoms with Gasteiger partial charge in [0.15, 0.2) is 12.4 Å². The van der Waals surface area contributed by atoms with E-state index >= 15 is 0 Å². The Kier molecular flexibility index (Phi) is 6.72. The van der Waals surface area contributed by atoms with Gasteiger partial charge in [-0.15, -0.1) is 0 Å². The van der Waals surface area contributed by atoms with Gasteiger partial charge in [0.1, 0.15) is 4.90 Å². The second-order valence-electron chi connectivity index (χ2n) is 9.46. The number of esters is 1. The summed E-state index contributed by atoms with van der Waals surface area (Å²) in [7, 11) is -3.86. The van der Waals surface area contributed by atoms with Gasteiger partial charge >= 0.3 is 5.97 Å². The van der Waals surface area contributed by atoms with Gasteiger partial charge in [-0.1, -0.05) is 54.9 Å². The molecule has 1 atom stereocenters. The number of hydrogen-bond acceptors (Lipinski definition) is 5. The Bertz CT molecular complexity index is 1470. The number of hydrogen-bond donors (Lipinski definition) is 0. The maximum atomic E-state index is 13.2. The summed E-state index contributed by atoms with van der Waals surface area (Å²) >= 11 is 6.22. The maximum Gasteiger partial charge on any atom is 0.338 e. The van der Waals surface area contributed by atoms with Crippen molar-refractivity contribution in [2.45, 2.75) is 31.1 Å². The lowest BCUT2D eigenvalue weighted by molar-refractivity contribution is 0.0474. The molecule has 8 heteroatoms. The summed E-state index contributed by atoms with van der Waals surface area (Å²) in [6.07, 6.45) is 2.57. The molecule has 1 aliphatic carbocycles. The van der Waals surface area contributed by atoms with Crippen molar-refractivity contribution in [3.05, 3.63) is 87.9 Å². The maximum absolute atomic E-state index is 13.2. The number of ketones is 1. The molecule has 1 heterocycles. The number of piperidine rings is 1. The number of Topliss-reactive ketones (excluding diaryl/α,β-unsaturated/α-hetero) is 1. The first-order valence-corrected chi connectivity index (χ1v) is 13.8. The van der Waals surface area contributed by atoms with Crippen LogP contribution < -0.4 is 0 Å². The molecule has 6 nitrogen and oxygen atoms in total. The number of benzene rings is 3. The lowest BCUT2D eigenvalue weighted by Gasteiger charge is -2.30. The van der Waals surface area contributed by atoms with Gasteiger partial charge < -0.3 is 4.74 Å². The van der Waals surface area contributed by atoms with E-state index in [1.54, 1.807) is 6.07 Å². The van der Waals surface area contributed by atoms with Crippen molar-refractivity contribution in [1.29, 1.82) is 0 Å². The average Bonchev–Trinajstić information content (AvgIpc) is 3.25. The summed E-state index contributed by atoms with van der Waals surface area (Å²) in [4.78, 5) is 25.4. The smallest absolute Gasteiger partial charge is 0.338 e. The van der Waals surface area contributed by atoms with E-state index in [2.05, 4.69) is 6.07 Å². The fourth-order valence-corrected chi connectivity index (χ4v) is 7.03. The third kappa shape index (κ3) is 4.71. The molecule has 2 aliphatic rings. The van der Waals surface area contributed by atoms with E-state index in [1.807, 2.05) is 37.3 Å². The molecule has 0 amide bonds. The van der Waals surface area contributed by atoms with Crippen LogP contribution in [-0.4, -0.2) is 44.2 Å². The summed E-state index contributed by atoms with van der Waals surface area (Å²) in [5.41, 5.74) is 4.98. The second-order valence-corrected chi connectivity index (χ2v) is 11.8. The third-order valence-electron chi connectivity index (χ3n) is 6.86. The van der Waals surface area contributed by atoms with Crippen LogP contribution in [0.15, 0.2) is 65.6 Å². The third-order valence-corrected chi connectivity index (χ3v) is 9.21. The van der Waals surface area contributed by atoms with Crippen LogP contribution in [0.1, 0.15) is 51.6 Å². The Morgan fingerprint density at radius 2 is 1.75 bits per heavy atom. The fraction of sp³-hybridized carbons (Fsp3) is 0.286. The van der Waals surface area contributed by atoms with Crippen LogP contribution in [-0.2, 0) is 21.2 Å². The highest BCUT2D eigenvalue weighted by atomic mass is 35.5. The van der Waals surface area contributed by atoms with Gasteiger partial charge in [0.25, 0.3) is 0 Å². The lowest BCUT2D eigenvalue weighted by Crippen LogP contribution is -2.39. The topological polar surface area (TPSA) is 80.8 Å². The first-order chi connectivity index (χ1) is 17.2. The van der Waals surface area contributed by atoms with Gasteiger partial charge in [0.05, 0.1) is 10.6 Å². The predicted molar refractivity (Wildman–Crippen MR) is 138 cm³/mol. The van der Waals surface area contributed by atoms with E-state index in [1.165, 1.54) is 28.1 Å². The number of fused-ring (bicyclic) bond motifs is 3. The van der Waals surface area contributed by atoms with Gasteiger partial charge in [-0.25, -0.2) is 13.2 Å².